The van der Waals surface area contributed by atoms with Crippen molar-refractivity contribution in [3.8, 4) is 0 Å². The lowest BCUT2D eigenvalue weighted by Gasteiger charge is -2.39. The molecular formula is C35H52N6O7S. The number of hydrogen-bond acceptors (Lipinski definition) is 10. The Hall–Kier alpha value is -3.85. The maximum atomic E-state index is 14.7. The average molecular weight is 701 g/mol. The van der Waals surface area contributed by atoms with Crippen LogP contribution in [0.3, 0.4) is 0 Å². The molecule has 0 bridgehead atoms. The number of aryl methyl sites for hydroxylation is 1. The molecule has 49 heavy (non-hydrogen) atoms. The molecule has 4 rings (SSSR count). The van der Waals surface area contributed by atoms with Crippen molar-refractivity contribution in [1.82, 2.24) is 20.8 Å². The summed E-state index contributed by atoms with van der Waals surface area (Å²) in [4.78, 5) is 43.0. The lowest BCUT2D eigenvalue weighted by atomic mass is 9.68. The molecule has 0 aromatic heterocycles. The van der Waals surface area contributed by atoms with Crippen LogP contribution in [0.25, 0.3) is 0 Å². The van der Waals surface area contributed by atoms with Crippen molar-refractivity contribution < 1.29 is 32.6 Å². The molecule has 2 aromatic carbocycles. The molecule has 1 heterocycles. The number of hydrogen-bond donors (Lipinski definition) is 5. The SMILES string of the molecule is CCCC(Cc1ccccc1)(C(=O)NN)C(=O)[C@@H]([C@H](CCCC1CCCCC1)C(=O)NO)N1CN(C)C=N1.Cc1ccc(S(=O)(=O)O)cc1. The van der Waals surface area contributed by atoms with Crippen LogP contribution in [0.1, 0.15) is 82.3 Å². The largest absolute Gasteiger partial charge is 0.345 e. The third kappa shape index (κ3) is 11.1. The Labute approximate surface area is 290 Å². The molecule has 1 aliphatic heterocycles. The fourth-order valence-corrected chi connectivity index (χ4v) is 7.35. The Kier molecular flexibility index (Phi) is 15.2. The van der Waals surface area contributed by atoms with Crippen LogP contribution in [-0.2, 0) is 30.9 Å². The number of nitrogens with two attached hydrogens (primary N) is 1. The number of hydrazone groups is 1. The van der Waals surface area contributed by atoms with Crippen molar-refractivity contribution in [2.24, 2.45) is 28.2 Å². The summed E-state index contributed by atoms with van der Waals surface area (Å²) >= 11 is 0. The number of ketones is 1. The summed E-state index contributed by atoms with van der Waals surface area (Å²) in [5.41, 5.74) is 4.29. The van der Waals surface area contributed by atoms with E-state index in [-0.39, 0.29) is 24.4 Å². The van der Waals surface area contributed by atoms with Gasteiger partial charge in [-0.1, -0.05) is 106 Å². The number of carbonyl (C=O) groups excluding carboxylic acids is 3. The zero-order valence-electron chi connectivity index (χ0n) is 28.8. The van der Waals surface area contributed by atoms with Crippen LogP contribution < -0.4 is 16.7 Å². The molecular weight excluding hydrogens is 648 g/mol. The van der Waals surface area contributed by atoms with E-state index in [1.807, 2.05) is 51.2 Å². The minimum absolute atomic E-state index is 0.0666. The van der Waals surface area contributed by atoms with Crippen LogP contribution in [-0.4, -0.2) is 71.8 Å². The molecule has 3 atom stereocenters. The van der Waals surface area contributed by atoms with Gasteiger partial charge in [0.15, 0.2) is 5.78 Å². The molecule has 1 saturated carbocycles. The molecule has 0 radical (unpaired) electrons. The fraction of sp³-hybridized carbons (Fsp3) is 0.543. The Morgan fingerprint density at radius 2 is 1.71 bits per heavy atom. The van der Waals surface area contributed by atoms with Gasteiger partial charge in [0.05, 0.1) is 10.8 Å². The maximum absolute atomic E-state index is 14.7. The first-order valence-electron chi connectivity index (χ1n) is 16.9. The van der Waals surface area contributed by atoms with Crippen molar-refractivity contribution in [2.45, 2.75) is 95.4 Å². The number of rotatable bonds is 15. The summed E-state index contributed by atoms with van der Waals surface area (Å²) in [5.74, 6) is 3.75. The number of hydroxylamine groups is 1. The van der Waals surface area contributed by atoms with E-state index in [0.717, 1.165) is 24.0 Å². The minimum atomic E-state index is -4.02. The zero-order chi connectivity index (χ0) is 36.0. The summed E-state index contributed by atoms with van der Waals surface area (Å²) in [6.07, 6.45) is 10.8. The van der Waals surface area contributed by atoms with Crippen molar-refractivity contribution in [3.05, 3.63) is 65.7 Å². The van der Waals surface area contributed by atoms with Crippen molar-refractivity contribution in [3.63, 3.8) is 0 Å². The van der Waals surface area contributed by atoms with E-state index in [9.17, 15) is 28.0 Å². The number of amides is 2. The number of hydrazine groups is 1. The first-order valence-corrected chi connectivity index (χ1v) is 18.4. The molecule has 2 aromatic rings. The quantitative estimate of drug-likeness (QED) is 0.0449. The van der Waals surface area contributed by atoms with Gasteiger partial charge in [0.25, 0.3) is 10.1 Å². The molecule has 1 aliphatic carbocycles. The molecule has 13 nitrogen and oxygen atoms in total. The van der Waals surface area contributed by atoms with E-state index in [1.165, 1.54) is 44.2 Å². The third-order valence-electron chi connectivity index (χ3n) is 9.42. The highest BCUT2D eigenvalue weighted by Crippen LogP contribution is 2.37. The van der Waals surface area contributed by atoms with Crippen LogP contribution >= 0.6 is 0 Å². The van der Waals surface area contributed by atoms with Crippen molar-refractivity contribution >= 4 is 34.1 Å². The highest BCUT2D eigenvalue weighted by Gasteiger charge is 2.52. The Bertz CT molecular complexity index is 1500. The Morgan fingerprint density at radius 1 is 1.06 bits per heavy atom. The molecule has 270 valence electrons. The third-order valence-corrected chi connectivity index (χ3v) is 10.3. The van der Waals surface area contributed by atoms with Gasteiger partial charge < -0.3 is 4.90 Å². The number of nitrogens with one attached hydrogen (secondary N) is 2. The van der Waals surface area contributed by atoms with Gasteiger partial charge in [0.1, 0.15) is 24.5 Å². The molecule has 0 saturated heterocycles. The van der Waals surface area contributed by atoms with Crippen LogP contribution in [0.4, 0.5) is 0 Å². The van der Waals surface area contributed by atoms with Gasteiger partial charge in [-0.15, -0.1) is 0 Å². The number of Topliss-reactive ketones (excluding diaryl/α,β-unsaturated/α-hetero) is 1. The predicted molar refractivity (Wildman–Crippen MR) is 186 cm³/mol. The molecule has 2 amide bonds. The van der Waals surface area contributed by atoms with Gasteiger partial charge in [-0.3, -0.25) is 34.6 Å². The van der Waals surface area contributed by atoms with Gasteiger partial charge in [-0.05, 0) is 49.8 Å². The van der Waals surface area contributed by atoms with Crippen molar-refractivity contribution in [2.75, 3.05) is 13.7 Å². The molecule has 2 aliphatic rings. The standard InChI is InChI=1S/C28H44N6O4.C7H8O3S/c1-3-17-28(27(37)31-29,18-22-13-8-5-9-14-22)25(35)24(34-20-33(2)19-30-34)23(26(36)32-38)16-10-15-21-11-6-4-7-12-21;1-6-2-4-7(5-3-6)11(8,9)10/h5,8-9,13-14,19,21,23-24,38H,3-4,6-7,10-12,15-18,20,29H2,1-2H3,(H,31,37)(H,32,36);2-5H,1H3,(H,8,9,10)/t23-,24+,28?;/m0./s1. The molecule has 6 N–H and O–H groups in total. The first-order chi connectivity index (χ1) is 23.4. The monoisotopic (exact) mass is 700 g/mol. The molecule has 1 unspecified atom stereocenters. The maximum Gasteiger partial charge on any atom is 0.294 e. The van der Waals surface area contributed by atoms with Gasteiger partial charge in [-0.2, -0.15) is 13.5 Å². The summed E-state index contributed by atoms with van der Waals surface area (Å²) in [6, 6.07) is 14.3. The van der Waals surface area contributed by atoms with E-state index in [4.69, 9.17) is 10.4 Å². The zero-order valence-corrected chi connectivity index (χ0v) is 29.6. The predicted octanol–water partition coefficient (Wildman–Crippen LogP) is 4.21. The number of nitrogens with zero attached hydrogens (tertiary/aromatic N) is 3. The van der Waals surface area contributed by atoms with E-state index in [1.54, 1.807) is 33.9 Å². The van der Waals surface area contributed by atoms with Gasteiger partial charge >= 0.3 is 0 Å². The second kappa shape index (κ2) is 18.8. The summed E-state index contributed by atoms with van der Waals surface area (Å²) in [6.45, 7) is 4.04. The summed E-state index contributed by atoms with van der Waals surface area (Å²) < 4.78 is 29.6. The second-order valence-electron chi connectivity index (χ2n) is 13.2. The van der Waals surface area contributed by atoms with Crippen LogP contribution in [0.2, 0.25) is 0 Å². The molecule has 14 heteroatoms. The minimum Gasteiger partial charge on any atom is -0.345 e. The summed E-state index contributed by atoms with van der Waals surface area (Å²) in [7, 11) is -2.20. The molecule has 1 fully saturated rings. The lowest BCUT2D eigenvalue weighted by Crippen LogP contribution is -2.59. The van der Waals surface area contributed by atoms with E-state index >= 15 is 0 Å². The number of benzene rings is 2. The topological polar surface area (TPSA) is 195 Å². The van der Waals surface area contributed by atoms with Gasteiger partial charge in [0.2, 0.25) is 11.8 Å². The first kappa shape index (κ1) is 39.6. The van der Waals surface area contributed by atoms with Crippen LogP contribution in [0, 0.1) is 24.2 Å². The van der Waals surface area contributed by atoms with Crippen molar-refractivity contribution in [1.29, 1.82) is 0 Å². The second-order valence-corrected chi connectivity index (χ2v) is 14.6. The Balaban J connectivity index is 0.000000501. The normalized spacial score (nSPS) is 17.3. The summed E-state index contributed by atoms with van der Waals surface area (Å²) in [5, 5.41) is 15.7. The highest BCUT2D eigenvalue weighted by atomic mass is 32.2. The Morgan fingerprint density at radius 3 is 2.24 bits per heavy atom. The number of carbonyl (C=O) groups is 3. The van der Waals surface area contributed by atoms with Crippen LogP contribution in [0.5, 0.6) is 0 Å². The lowest BCUT2D eigenvalue weighted by molar-refractivity contribution is -0.152. The highest BCUT2D eigenvalue weighted by molar-refractivity contribution is 7.85. The fourth-order valence-electron chi connectivity index (χ4n) is 6.87. The van der Waals surface area contributed by atoms with Gasteiger partial charge in [0, 0.05) is 7.05 Å². The average Bonchev–Trinajstić information content (AvgIpc) is 3.53. The van der Waals surface area contributed by atoms with E-state index < -0.39 is 45.1 Å². The van der Waals surface area contributed by atoms with E-state index in [2.05, 4.69) is 10.5 Å². The van der Waals surface area contributed by atoms with E-state index in [0.29, 0.717) is 18.8 Å². The smallest absolute Gasteiger partial charge is 0.294 e. The van der Waals surface area contributed by atoms with Gasteiger partial charge in [-0.25, -0.2) is 11.3 Å². The molecule has 0 spiro atoms. The van der Waals surface area contributed by atoms with Crippen LogP contribution in [0.15, 0.2) is 64.6 Å².